The minimum atomic E-state index is 0. The predicted octanol–water partition coefficient (Wildman–Crippen LogP) is 3.53. The van der Waals surface area contributed by atoms with E-state index in [-0.39, 0.29) is 30.3 Å². The zero-order valence-corrected chi connectivity index (χ0v) is 14.9. The predicted molar refractivity (Wildman–Crippen MR) is 96.8 cm³/mol. The number of benzene rings is 1. The SMILES string of the molecule is Cl.NC1C2CCCC1CC(C(=O)NC1CSc3ccccc31)C2. The Morgan fingerprint density at radius 3 is 2.61 bits per heavy atom. The van der Waals surface area contributed by atoms with E-state index in [1.54, 1.807) is 0 Å². The van der Waals surface area contributed by atoms with Crippen molar-refractivity contribution in [3.8, 4) is 0 Å². The molecule has 3 aliphatic rings. The minimum absolute atomic E-state index is 0. The van der Waals surface area contributed by atoms with E-state index < -0.39 is 0 Å². The molecule has 2 bridgehead atoms. The first-order valence-electron chi connectivity index (χ1n) is 8.50. The van der Waals surface area contributed by atoms with Gasteiger partial charge in [0.15, 0.2) is 0 Å². The Morgan fingerprint density at radius 1 is 1.17 bits per heavy atom. The van der Waals surface area contributed by atoms with Crippen LogP contribution in [0.3, 0.4) is 0 Å². The molecule has 3 atom stereocenters. The van der Waals surface area contributed by atoms with Crippen LogP contribution in [0.1, 0.15) is 43.7 Å². The molecule has 3 unspecified atom stereocenters. The molecule has 1 aromatic rings. The largest absolute Gasteiger partial charge is 0.348 e. The zero-order chi connectivity index (χ0) is 15.1. The third-order valence-corrected chi connectivity index (χ3v) is 6.98. The van der Waals surface area contributed by atoms with Gasteiger partial charge < -0.3 is 11.1 Å². The molecule has 1 amide bonds. The zero-order valence-electron chi connectivity index (χ0n) is 13.2. The van der Waals surface area contributed by atoms with Crippen LogP contribution < -0.4 is 11.1 Å². The fourth-order valence-electron chi connectivity index (χ4n) is 4.57. The number of carbonyl (C=O) groups is 1. The Morgan fingerprint density at radius 2 is 1.87 bits per heavy atom. The molecule has 23 heavy (non-hydrogen) atoms. The normalized spacial score (nSPS) is 35.1. The number of nitrogens with one attached hydrogen (secondary N) is 1. The average molecular weight is 353 g/mol. The van der Waals surface area contributed by atoms with Gasteiger partial charge >= 0.3 is 0 Å². The summed E-state index contributed by atoms with van der Waals surface area (Å²) >= 11 is 1.85. The summed E-state index contributed by atoms with van der Waals surface area (Å²) in [5.74, 6) is 2.52. The van der Waals surface area contributed by atoms with Crippen molar-refractivity contribution in [3.63, 3.8) is 0 Å². The number of fused-ring (bicyclic) bond motifs is 3. The fraction of sp³-hybridized carbons (Fsp3) is 0.611. The summed E-state index contributed by atoms with van der Waals surface area (Å²) in [7, 11) is 0. The second-order valence-corrected chi connectivity index (χ2v) is 8.17. The van der Waals surface area contributed by atoms with E-state index in [4.69, 9.17) is 5.73 Å². The van der Waals surface area contributed by atoms with E-state index >= 15 is 0 Å². The Bertz CT molecular complexity index is 568. The Hall–Kier alpha value is -0.710. The van der Waals surface area contributed by atoms with E-state index in [0.717, 1.165) is 18.6 Å². The molecule has 0 spiro atoms. The van der Waals surface area contributed by atoms with Crippen LogP contribution in [0.2, 0.25) is 0 Å². The lowest BCUT2D eigenvalue weighted by Gasteiger charge is -2.43. The summed E-state index contributed by atoms with van der Waals surface area (Å²) in [6, 6.07) is 8.94. The van der Waals surface area contributed by atoms with Crippen LogP contribution in [0, 0.1) is 17.8 Å². The van der Waals surface area contributed by atoms with Gasteiger partial charge in [0.25, 0.3) is 0 Å². The van der Waals surface area contributed by atoms with E-state index in [1.165, 1.54) is 29.7 Å². The number of amides is 1. The summed E-state index contributed by atoms with van der Waals surface area (Å²) in [6.45, 7) is 0. The van der Waals surface area contributed by atoms with Gasteiger partial charge in [0.1, 0.15) is 0 Å². The summed E-state index contributed by atoms with van der Waals surface area (Å²) in [5.41, 5.74) is 7.62. The van der Waals surface area contributed by atoms with Gasteiger partial charge in [0.2, 0.25) is 5.91 Å². The molecular weight excluding hydrogens is 328 g/mol. The molecule has 2 saturated carbocycles. The maximum Gasteiger partial charge on any atom is 0.223 e. The summed E-state index contributed by atoms with van der Waals surface area (Å²) < 4.78 is 0. The van der Waals surface area contributed by atoms with Crippen LogP contribution in [0.15, 0.2) is 29.2 Å². The highest BCUT2D eigenvalue weighted by Gasteiger charge is 2.41. The van der Waals surface area contributed by atoms with Gasteiger partial charge in [-0.1, -0.05) is 24.6 Å². The van der Waals surface area contributed by atoms with E-state index in [2.05, 4.69) is 29.6 Å². The van der Waals surface area contributed by atoms with Crippen molar-refractivity contribution < 1.29 is 4.79 Å². The van der Waals surface area contributed by atoms with Crippen molar-refractivity contribution in [2.45, 2.75) is 49.1 Å². The number of rotatable bonds is 2. The molecule has 3 N–H and O–H groups in total. The van der Waals surface area contributed by atoms with Crippen molar-refractivity contribution in [1.82, 2.24) is 5.32 Å². The van der Waals surface area contributed by atoms with E-state index in [0.29, 0.717) is 17.9 Å². The lowest BCUT2D eigenvalue weighted by atomic mass is 9.65. The highest BCUT2D eigenvalue weighted by atomic mass is 35.5. The van der Waals surface area contributed by atoms with Crippen LogP contribution in [-0.4, -0.2) is 17.7 Å². The topological polar surface area (TPSA) is 55.1 Å². The molecular formula is C18H25ClN2OS. The number of hydrogen-bond donors (Lipinski definition) is 2. The molecule has 5 heteroatoms. The number of halogens is 1. The molecule has 126 valence electrons. The van der Waals surface area contributed by atoms with Gasteiger partial charge in [0, 0.05) is 22.6 Å². The van der Waals surface area contributed by atoms with Crippen molar-refractivity contribution in [2.75, 3.05) is 5.75 Å². The maximum atomic E-state index is 12.7. The quantitative estimate of drug-likeness (QED) is 0.856. The molecule has 1 aromatic carbocycles. The van der Waals surface area contributed by atoms with Gasteiger partial charge in [-0.15, -0.1) is 24.2 Å². The monoisotopic (exact) mass is 352 g/mol. The highest BCUT2D eigenvalue weighted by Crippen LogP contribution is 2.43. The number of thioether (sulfide) groups is 1. The molecule has 3 nitrogen and oxygen atoms in total. The molecule has 1 heterocycles. The molecule has 0 saturated heterocycles. The third kappa shape index (κ3) is 3.26. The summed E-state index contributed by atoms with van der Waals surface area (Å²) in [6.07, 6.45) is 5.70. The van der Waals surface area contributed by atoms with Crippen LogP contribution in [-0.2, 0) is 4.79 Å². The minimum Gasteiger partial charge on any atom is -0.348 e. The Kier molecular flexibility index (Phi) is 5.24. The van der Waals surface area contributed by atoms with Crippen LogP contribution in [0.5, 0.6) is 0 Å². The molecule has 1 aliphatic heterocycles. The van der Waals surface area contributed by atoms with Crippen LogP contribution in [0.4, 0.5) is 0 Å². The van der Waals surface area contributed by atoms with Gasteiger partial charge in [-0.2, -0.15) is 0 Å². The Balaban J connectivity index is 0.00000156. The Labute approximate surface area is 148 Å². The molecule has 0 aromatic heterocycles. The van der Waals surface area contributed by atoms with E-state index in [9.17, 15) is 4.79 Å². The van der Waals surface area contributed by atoms with Crippen molar-refractivity contribution in [1.29, 1.82) is 0 Å². The first-order chi connectivity index (χ1) is 10.7. The van der Waals surface area contributed by atoms with Gasteiger partial charge in [0.05, 0.1) is 6.04 Å². The second kappa shape index (κ2) is 7.04. The third-order valence-electron chi connectivity index (χ3n) is 5.80. The van der Waals surface area contributed by atoms with Crippen molar-refractivity contribution in [3.05, 3.63) is 29.8 Å². The van der Waals surface area contributed by atoms with Gasteiger partial charge in [-0.3, -0.25) is 4.79 Å². The van der Waals surface area contributed by atoms with E-state index in [1.807, 2.05) is 11.8 Å². The first kappa shape index (κ1) is 17.1. The molecule has 2 aliphatic carbocycles. The number of carbonyl (C=O) groups excluding carboxylic acids is 1. The molecule has 0 radical (unpaired) electrons. The van der Waals surface area contributed by atoms with Crippen LogP contribution >= 0.6 is 24.2 Å². The van der Waals surface area contributed by atoms with Gasteiger partial charge in [-0.25, -0.2) is 0 Å². The second-order valence-electron chi connectivity index (χ2n) is 7.11. The average Bonchev–Trinajstić information content (AvgIpc) is 2.90. The number of hydrogen-bond acceptors (Lipinski definition) is 3. The smallest absolute Gasteiger partial charge is 0.223 e. The number of nitrogens with two attached hydrogens (primary N) is 1. The standard InChI is InChI=1S/C18H24N2OS.ClH/c19-17-11-4-3-5-12(17)9-13(8-11)18(21)20-15-10-22-16-7-2-1-6-14(15)16;/h1-2,6-7,11-13,15,17H,3-5,8-10,19H2,(H,20,21);1H. The lowest BCUT2D eigenvalue weighted by molar-refractivity contribution is -0.128. The lowest BCUT2D eigenvalue weighted by Crippen LogP contribution is -2.49. The fourth-order valence-corrected chi connectivity index (χ4v) is 5.74. The molecule has 4 rings (SSSR count). The maximum absolute atomic E-state index is 12.7. The molecule has 2 fully saturated rings. The summed E-state index contributed by atoms with van der Waals surface area (Å²) in [4.78, 5) is 14.1. The van der Waals surface area contributed by atoms with Gasteiger partial charge in [-0.05, 0) is 49.1 Å². The van der Waals surface area contributed by atoms with Crippen molar-refractivity contribution in [2.24, 2.45) is 23.5 Å². The first-order valence-corrected chi connectivity index (χ1v) is 9.48. The highest BCUT2D eigenvalue weighted by molar-refractivity contribution is 7.99. The van der Waals surface area contributed by atoms with Crippen molar-refractivity contribution >= 4 is 30.1 Å². The van der Waals surface area contributed by atoms with Crippen LogP contribution in [0.25, 0.3) is 0 Å². The summed E-state index contributed by atoms with van der Waals surface area (Å²) in [5, 5.41) is 3.31.